The number of aryl methyl sites for hydroxylation is 5. The van der Waals surface area contributed by atoms with Crippen molar-refractivity contribution in [3.8, 4) is 11.4 Å². The predicted octanol–water partition coefficient (Wildman–Crippen LogP) is 41.5. The van der Waals surface area contributed by atoms with Gasteiger partial charge < -0.3 is 10.6 Å². The number of rotatable bonds is 95. The molecule has 0 spiro atoms. The summed E-state index contributed by atoms with van der Waals surface area (Å²) < 4.78 is 0. The van der Waals surface area contributed by atoms with Gasteiger partial charge in [-0.1, -0.05) is 572 Å². The lowest BCUT2D eigenvalue weighted by atomic mass is 9.89. The number of aromatic nitrogens is 3. The number of unbranched alkanes of at least 4 members (excludes halogenated alkanes) is 78. The van der Waals surface area contributed by atoms with Crippen LogP contribution >= 0.6 is 0 Å². The summed E-state index contributed by atoms with van der Waals surface area (Å²) in [6.07, 6.45) is 125. The Labute approximate surface area is 769 Å². The van der Waals surface area contributed by atoms with E-state index in [1.54, 1.807) is 33.4 Å². The molecular weight excluding hydrogens is 1490 g/mol. The van der Waals surface area contributed by atoms with Crippen molar-refractivity contribution in [3.05, 3.63) is 87.5 Å². The topological polar surface area (TPSA) is 62.7 Å². The highest BCUT2D eigenvalue weighted by Gasteiger charge is 2.19. The van der Waals surface area contributed by atoms with Crippen molar-refractivity contribution in [3.63, 3.8) is 0 Å². The molecule has 5 heteroatoms. The van der Waals surface area contributed by atoms with E-state index in [1.807, 2.05) is 0 Å². The van der Waals surface area contributed by atoms with E-state index in [-0.39, 0.29) is 0 Å². The zero-order valence-electron chi connectivity index (χ0n) is 84.1. The van der Waals surface area contributed by atoms with Gasteiger partial charge in [-0.15, -0.1) is 0 Å². The summed E-state index contributed by atoms with van der Waals surface area (Å²) in [5.74, 6) is 2.02. The van der Waals surface area contributed by atoms with Gasteiger partial charge in [-0.05, 0) is 142 Å². The maximum atomic E-state index is 5.49. The van der Waals surface area contributed by atoms with Crippen molar-refractivity contribution in [2.45, 2.75) is 626 Å². The molecule has 0 atom stereocenters. The van der Waals surface area contributed by atoms with Crippen molar-refractivity contribution in [2.24, 2.45) is 0 Å². The summed E-state index contributed by atoms with van der Waals surface area (Å²) in [5, 5.41) is 8.02. The Kier molecular flexibility index (Phi) is 77.2. The minimum atomic E-state index is 0.646. The molecule has 1 aromatic heterocycles. The molecule has 4 rings (SSSR count). The van der Waals surface area contributed by atoms with Gasteiger partial charge in [0.05, 0.1) is 0 Å². The van der Waals surface area contributed by atoms with Crippen LogP contribution in [0.25, 0.3) is 11.4 Å². The Bertz CT molecular complexity index is 2610. The van der Waals surface area contributed by atoms with E-state index in [1.165, 1.54) is 558 Å². The smallest absolute Gasteiger partial charge is 0.232 e. The molecule has 0 saturated carbocycles. The summed E-state index contributed by atoms with van der Waals surface area (Å²) in [6.45, 7) is 16.2. The molecule has 0 unspecified atom stereocenters. The summed E-state index contributed by atoms with van der Waals surface area (Å²) in [6, 6.07) is 19.2. The van der Waals surface area contributed by atoms with Crippen LogP contribution in [0, 0.1) is 6.92 Å². The fourth-order valence-electron chi connectivity index (χ4n) is 19.9. The zero-order valence-corrected chi connectivity index (χ0v) is 84.1. The number of hydrogen-bond donors (Lipinski definition) is 2. The number of nitrogens with zero attached hydrogens (tertiary/aromatic N) is 3. The van der Waals surface area contributed by atoms with E-state index in [4.69, 9.17) is 15.0 Å². The Morgan fingerprint density at radius 2 is 0.333 bits per heavy atom. The molecule has 3 aromatic carbocycles. The number of hydrogen-bond acceptors (Lipinski definition) is 5. The maximum absolute atomic E-state index is 5.49. The Morgan fingerprint density at radius 3 is 0.504 bits per heavy atom. The molecule has 708 valence electrons. The minimum absolute atomic E-state index is 0.646. The molecular formula is C118H211N5. The summed E-state index contributed by atoms with van der Waals surface area (Å²) >= 11 is 0. The summed E-state index contributed by atoms with van der Waals surface area (Å²) in [5.41, 5.74) is 14.3. The van der Waals surface area contributed by atoms with Crippen LogP contribution in [-0.4, -0.2) is 15.0 Å². The van der Waals surface area contributed by atoms with Gasteiger partial charge in [0.25, 0.3) is 0 Å². The second kappa shape index (κ2) is 85.1. The average molecular weight is 1700 g/mol. The first-order valence-corrected chi connectivity index (χ1v) is 56.6. The largest absolute Gasteiger partial charge is 0.324 e. The van der Waals surface area contributed by atoms with Gasteiger partial charge in [-0.2, -0.15) is 15.0 Å². The van der Waals surface area contributed by atoms with Gasteiger partial charge in [0, 0.05) is 16.9 Å². The van der Waals surface area contributed by atoms with E-state index in [9.17, 15) is 0 Å². The lowest BCUT2D eigenvalue weighted by Gasteiger charge is -2.20. The van der Waals surface area contributed by atoms with E-state index in [0.717, 1.165) is 48.4 Å². The van der Waals surface area contributed by atoms with E-state index in [2.05, 4.69) is 108 Å². The standard InChI is InChI=1S/C118H211N5/c1-8-14-20-26-32-38-44-50-56-62-68-74-80-86-92-108-102-112(103-109(93-87-81-75-69-63-57-51-45-39-33-27-21-15-9-2)114(108)96-90-84-78-72-66-60-54-48-42-36-30-24-18-12-5)119-117-121-116(107-100-98-106(7)99-101-107)122-118(123-117)120-113-104-110(94-88-82-76-70-64-58-52-46-40-34-28-22-16-10-3)115(97-91-85-79-73-67-61-55-49-43-37-31-25-19-13-6)111(105-113)95-89-83-77-71-65-59-53-47-41-35-29-23-17-11-4/h98-105H,8-97H2,1-7H3,(H2,119,120,121,122,123). The van der Waals surface area contributed by atoms with Crippen molar-refractivity contribution >= 4 is 23.3 Å². The van der Waals surface area contributed by atoms with E-state index < -0.39 is 0 Å². The number of anilines is 4. The highest BCUT2D eigenvalue weighted by atomic mass is 15.2. The molecule has 123 heavy (non-hydrogen) atoms. The molecule has 2 N–H and O–H groups in total. The second-order valence-electron chi connectivity index (χ2n) is 40.0. The average Bonchev–Trinajstić information content (AvgIpc) is 0.805. The second-order valence-corrected chi connectivity index (χ2v) is 40.0. The fraction of sp³-hybridized carbons (Fsp3) is 0.822. The normalized spacial score (nSPS) is 11.7. The predicted molar refractivity (Wildman–Crippen MR) is 554 cm³/mol. The Morgan fingerprint density at radius 1 is 0.179 bits per heavy atom. The Hall–Kier alpha value is -3.73. The summed E-state index contributed by atoms with van der Waals surface area (Å²) in [7, 11) is 0. The molecule has 4 aromatic rings. The Balaban J connectivity index is 1.70. The quantitative estimate of drug-likeness (QED) is 0.0431. The van der Waals surface area contributed by atoms with Gasteiger partial charge >= 0.3 is 0 Å². The third-order valence-corrected chi connectivity index (χ3v) is 28.1. The van der Waals surface area contributed by atoms with Crippen LogP contribution in [0.5, 0.6) is 0 Å². The van der Waals surface area contributed by atoms with Gasteiger partial charge in [-0.25, -0.2) is 0 Å². The van der Waals surface area contributed by atoms with Crippen LogP contribution in [0.4, 0.5) is 23.3 Å². The molecule has 5 nitrogen and oxygen atoms in total. The van der Waals surface area contributed by atoms with Crippen molar-refractivity contribution < 1.29 is 0 Å². The number of benzene rings is 3. The van der Waals surface area contributed by atoms with Crippen molar-refractivity contribution in [1.82, 2.24) is 15.0 Å². The fourth-order valence-corrected chi connectivity index (χ4v) is 19.9. The minimum Gasteiger partial charge on any atom is -0.324 e. The third-order valence-electron chi connectivity index (χ3n) is 28.1. The monoisotopic (exact) mass is 1700 g/mol. The van der Waals surface area contributed by atoms with Crippen LogP contribution in [0.1, 0.15) is 620 Å². The van der Waals surface area contributed by atoms with E-state index in [0.29, 0.717) is 11.9 Å². The molecule has 0 aliphatic carbocycles. The van der Waals surface area contributed by atoms with Gasteiger partial charge in [0.1, 0.15) is 0 Å². The van der Waals surface area contributed by atoms with Crippen molar-refractivity contribution in [2.75, 3.05) is 10.6 Å². The SMILES string of the molecule is CCCCCCCCCCCCCCCCc1cc(Nc2nc(Nc3cc(CCCCCCCCCCCCCCCC)c(CCCCCCCCCCCCCCCC)c(CCCCCCCCCCCCCCCC)c3)nc(-c3ccc(C)cc3)n2)cc(CCCCCCCCCCCCCCCC)c1CCCCCCCCCCCCCCCC. The molecule has 0 saturated heterocycles. The lowest BCUT2D eigenvalue weighted by molar-refractivity contribution is 0.533. The van der Waals surface area contributed by atoms with Crippen LogP contribution in [0.2, 0.25) is 0 Å². The van der Waals surface area contributed by atoms with Gasteiger partial charge in [0.2, 0.25) is 11.9 Å². The lowest BCUT2D eigenvalue weighted by Crippen LogP contribution is -2.09. The molecule has 0 amide bonds. The molecule has 0 aliphatic heterocycles. The maximum Gasteiger partial charge on any atom is 0.232 e. The van der Waals surface area contributed by atoms with Crippen LogP contribution in [0.3, 0.4) is 0 Å². The molecule has 0 aliphatic rings. The number of nitrogens with one attached hydrogen (secondary N) is 2. The first-order valence-electron chi connectivity index (χ1n) is 56.6. The first-order chi connectivity index (χ1) is 60.9. The molecule has 0 radical (unpaired) electrons. The highest BCUT2D eigenvalue weighted by Crippen LogP contribution is 2.34. The van der Waals surface area contributed by atoms with Crippen LogP contribution < -0.4 is 10.6 Å². The van der Waals surface area contributed by atoms with Gasteiger partial charge in [-0.3, -0.25) is 0 Å². The van der Waals surface area contributed by atoms with Gasteiger partial charge in [0.15, 0.2) is 5.82 Å². The first kappa shape index (κ1) is 112. The third kappa shape index (κ3) is 63.8. The highest BCUT2D eigenvalue weighted by molar-refractivity contribution is 5.66. The van der Waals surface area contributed by atoms with E-state index >= 15 is 0 Å². The molecule has 0 fully saturated rings. The van der Waals surface area contributed by atoms with Crippen LogP contribution in [-0.2, 0) is 38.5 Å². The van der Waals surface area contributed by atoms with Crippen LogP contribution in [0.15, 0.2) is 48.5 Å². The van der Waals surface area contributed by atoms with Crippen molar-refractivity contribution in [1.29, 1.82) is 0 Å². The summed E-state index contributed by atoms with van der Waals surface area (Å²) in [4.78, 5) is 16.3. The zero-order chi connectivity index (χ0) is 87.3. The molecule has 0 bridgehead atoms. The molecule has 1 heterocycles.